The van der Waals surface area contributed by atoms with Crippen LogP contribution in [0, 0.1) is 5.41 Å². The molecule has 0 aromatic carbocycles. The van der Waals surface area contributed by atoms with Crippen molar-refractivity contribution >= 4 is 33.6 Å². The number of thioether (sulfide) groups is 2. The van der Waals surface area contributed by atoms with Crippen LogP contribution in [0.3, 0.4) is 0 Å². The molecule has 25 heavy (non-hydrogen) atoms. The number of hydrogen-bond acceptors (Lipinski definition) is 4. The highest BCUT2D eigenvalue weighted by Crippen LogP contribution is 2.58. The van der Waals surface area contributed by atoms with Gasteiger partial charge < -0.3 is 0 Å². The van der Waals surface area contributed by atoms with Crippen molar-refractivity contribution in [3.05, 3.63) is 34.4 Å². The molecule has 2 aliphatic heterocycles. The molecule has 0 unspecified atom stereocenters. The van der Waals surface area contributed by atoms with E-state index >= 15 is 0 Å². The Kier molecular flexibility index (Phi) is 4.69. The zero-order chi connectivity index (χ0) is 18.6. The van der Waals surface area contributed by atoms with Crippen molar-refractivity contribution in [3.63, 3.8) is 0 Å². The van der Waals surface area contributed by atoms with Gasteiger partial charge in [-0.3, -0.25) is 9.98 Å². The Balaban J connectivity index is 2.28. The van der Waals surface area contributed by atoms with Crippen molar-refractivity contribution in [1.29, 1.82) is 0 Å². The highest BCUT2D eigenvalue weighted by atomic mass is 32.2. The smallest absolute Gasteiger partial charge is 0.0911 e. The van der Waals surface area contributed by atoms with Crippen LogP contribution in [0.4, 0.5) is 0 Å². The number of hydrogen-bond donors (Lipinski definition) is 0. The summed E-state index contributed by atoms with van der Waals surface area (Å²) in [5.74, 6) is 0. The Hall–Kier alpha value is -0.740. The summed E-state index contributed by atoms with van der Waals surface area (Å²) in [4.78, 5) is 10.2. The lowest BCUT2D eigenvalue weighted by molar-refractivity contribution is 0.419. The van der Waals surface area contributed by atoms with Gasteiger partial charge in [0.2, 0.25) is 0 Å². The second-order valence-electron chi connectivity index (χ2n) is 8.71. The van der Waals surface area contributed by atoms with Gasteiger partial charge in [0, 0.05) is 0 Å². The van der Waals surface area contributed by atoms with Crippen LogP contribution in [0.2, 0.25) is 0 Å². The maximum Gasteiger partial charge on any atom is 0.0911 e. The van der Waals surface area contributed by atoms with Crippen molar-refractivity contribution in [2.24, 2.45) is 15.4 Å². The number of fused-ring (bicyclic) bond motifs is 2. The lowest BCUT2D eigenvalue weighted by Crippen LogP contribution is -2.36. The van der Waals surface area contributed by atoms with Crippen LogP contribution in [0.25, 0.3) is 0 Å². The lowest BCUT2D eigenvalue weighted by Gasteiger charge is -2.41. The molecular weight excluding hydrogens is 344 g/mol. The van der Waals surface area contributed by atoms with Gasteiger partial charge >= 0.3 is 0 Å². The number of aliphatic imine (C=N–C) groups is 2. The van der Waals surface area contributed by atoms with E-state index in [-0.39, 0.29) is 16.5 Å². The largest absolute Gasteiger partial charge is 0.276 e. The summed E-state index contributed by atoms with van der Waals surface area (Å²) >= 11 is 3.57. The zero-order valence-electron chi connectivity index (χ0n) is 16.8. The summed E-state index contributed by atoms with van der Waals surface area (Å²) in [6, 6.07) is 0. The van der Waals surface area contributed by atoms with Crippen molar-refractivity contribution in [1.82, 2.24) is 0 Å². The molecule has 0 amide bonds. The molecule has 1 spiro atoms. The van der Waals surface area contributed by atoms with E-state index in [9.17, 15) is 0 Å². The van der Waals surface area contributed by atoms with Gasteiger partial charge in [-0.1, -0.05) is 11.6 Å². The molecule has 2 nitrogen and oxygen atoms in total. The number of nitrogens with zero attached hydrogens (tertiary/aromatic N) is 2. The Morgan fingerprint density at radius 1 is 0.920 bits per heavy atom. The first-order chi connectivity index (χ1) is 11.5. The van der Waals surface area contributed by atoms with Gasteiger partial charge in [0.05, 0.1) is 26.6 Å². The van der Waals surface area contributed by atoms with Gasteiger partial charge in [0.1, 0.15) is 0 Å². The molecule has 3 aliphatic rings. The Bertz CT molecular complexity index is 763. The molecule has 0 saturated heterocycles. The highest BCUT2D eigenvalue weighted by Gasteiger charge is 2.52. The van der Waals surface area contributed by atoms with Crippen LogP contribution in [-0.2, 0) is 0 Å². The van der Waals surface area contributed by atoms with E-state index in [0.717, 1.165) is 17.9 Å². The predicted molar refractivity (Wildman–Crippen MR) is 116 cm³/mol. The maximum absolute atomic E-state index is 5.13. The quantitative estimate of drug-likeness (QED) is 0.514. The molecule has 0 fully saturated rings. The van der Waals surface area contributed by atoms with Crippen LogP contribution in [0.5, 0.6) is 0 Å². The minimum absolute atomic E-state index is 0.0247. The van der Waals surface area contributed by atoms with Gasteiger partial charge in [-0.2, -0.15) is 0 Å². The van der Waals surface area contributed by atoms with Crippen LogP contribution in [0.1, 0.15) is 54.4 Å². The molecule has 0 aromatic rings. The standard InChI is InChI=1S/C21H30N2S2/c1-13-9-14(2)21(12-20(5,6)23-18(21)25-8)16-10-17(24-7)22-19(3,4)11-15(13)16/h9-10H,11-12H2,1-8H3/t21-/m1/s1. The van der Waals surface area contributed by atoms with Crippen molar-refractivity contribution in [3.8, 4) is 0 Å². The van der Waals surface area contributed by atoms with E-state index in [1.807, 2.05) is 11.8 Å². The van der Waals surface area contributed by atoms with Gasteiger partial charge in [-0.15, -0.1) is 23.5 Å². The fraction of sp³-hybridized carbons (Fsp3) is 0.619. The molecule has 0 saturated carbocycles. The first kappa shape index (κ1) is 19.0. The fourth-order valence-electron chi connectivity index (χ4n) is 4.57. The normalized spacial score (nSPS) is 30.4. The first-order valence-corrected chi connectivity index (χ1v) is 11.4. The van der Waals surface area contributed by atoms with E-state index < -0.39 is 0 Å². The van der Waals surface area contributed by atoms with E-state index in [1.54, 1.807) is 11.8 Å². The Labute approximate surface area is 161 Å². The molecule has 136 valence electrons. The molecule has 1 atom stereocenters. The van der Waals surface area contributed by atoms with Crippen molar-refractivity contribution in [2.45, 2.75) is 65.5 Å². The third kappa shape index (κ3) is 3.10. The molecule has 2 heterocycles. The number of rotatable bonds is 0. The SMILES string of the molecule is CSC1=NC(C)(C)CC2=C(C)C=C(C)[C@]3(CC(C)(C)N=C3SC)C2=C1. The van der Waals surface area contributed by atoms with Crippen LogP contribution in [-0.4, -0.2) is 33.7 Å². The summed E-state index contributed by atoms with van der Waals surface area (Å²) < 4.78 is 0. The van der Waals surface area contributed by atoms with E-state index in [2.05, 4.69) is 66.2 Å². The Morgan fingerprint density at radius 2 is 1.60 bits per heavy atom. The maximum atomic E-state index is 5.13. The zero-order valence-corrected chi connectivity index (χ0v) is 18.4. The van der Waals surface area contributed by atoms with Crippen molar-refractivity contribution in [2.75, 3.05) is 12.5 Å². The van der Waals surface area contributed by atoms with E-state index in [4.69, 9.17) is 9.98 Å². The van der Waals surface area contributed by atoms with E-state index in [0.29, 0.717) is 0 Å². The Morgan fingerprint density at radius 3 is 2.20 bits per heavy atom. The third-order valence-corrected chi connectivity index (χ3v) is 6.98. The topological polar surface area (TPSA) is 24.7 Å². The molecule has 0 bridgehead atoms. The predicted octanol–water partition coefficient (Wildman–Crippen LogP) is 6.06. The van der Waals surface area contributed by atoms with Crippen LogP contribution < -0.4 is 0 Å². The summed E-state index contributed by atoms with van der Waals surface area (Å²) in [7, 11) is 0. The average molecular weight is 375 g/mol. The van der Waals surface area contributed by atoms with E-state index in [1.165, 1.54) is 27.3 Å². The highest BCUT2D eigenvalue weighted by molar-refractivity contribution is 8.14. The number of allylic oxidation sites excluding steroid dienone is 4. The molecule has 1 aliphatic carbocycles. The second-order valence-corrected chi connectivity index (χ2v) is 10.3. The molecule has 0 N–H and O–H groups in total. The monoisotopic (exact) mass is 374 g/mol. The van der Waals surface area contributed by atoms with Gasteiger partial charge in [0.15, 0.2) is 0 Å². The first-order valence-electron chi connectivity index (χ1n) is 8.94. The summed E-state index contributed by atoms with van der Waals surface area (Å²) in [5, 5.41) is 2.41. The van der Waals surface area contributed by atoms with Crippen LogP contribution >= 0.6 is 23.5 Å². The van der Waals surface area contributed by atoms with Crippen LogP contribution in [0.15, 0.2) is 44.4 Å². The minimum Gasteiger partial charge on any atom is -0.276 e. The molecule has 0 radical (unpaired) electrons. The van der Waals surface area contributed by atoms with Gasteiger partial charge in [0.25, 0.3) is 0 Å². The van der Waals surface area contributed by atoms with Gasteiger partial charge in [-0.25, -0.2) is 0 Å². The molecular formula is C21H30N2S2. The average Bonchev–Trinajstić information content (AvgIpc) is 2.69. The fourth-order valence-corrected chi connectivity index (χ4v) is 6.17. The minimum atomic E-state index is -0.0747. The summed E-state index contributed by atoms with van der Waals surface area (Å²) in [6.07, 6.45) is 11.1. The van der Waals surface area contributed by atoms with Crippen molar-refractivity contribution < 1.29 is 0 Å². The molecule has 4 heteroatoms. The summed E-state index contributed by atoms with van der Waals surface area (Å²) in [5.41, 5.74) is 5.57. The second kappa shape index (κ2) is 6.16. The third-order valence-electron chi connectivity index (χ3n) is 5.53. The molecule has 3 rings (SSSR count). The molecule has 0 aromatic heterocycles. The lowest BCUT2D eigenvalue weighted by atomic mass is 9.63. The van der Waals surface area contributed by atoms with Gasteiger partial charge in [-0.05, 0) is 89.7 Å². The summed E-state index contributed by atoms with van der Waals surface area (Å²) in [6.45, 7) is 13.6.